The fourth-order valence-electron chi connectivity index (χ4n) is 2.38. The summed E-state index contributed by atoms with van der Waals surface area (Å²) in [5.74, 6) is -1.29. The van der Waals surface area contributed by atoms with Crippen LogP contribution in [0, 0.1) is 11.8 Å². The van der Waals surface area contributed by atoms with Crippen molar-refractivity contribution in [1.82, 2.24) is 9.80 Å². The average Bonchev–Trinajstić information content (AvgIpc) is 2.75. The summed E-state index contributed by atoms with van der Waals surface area (Å²) in [6.07, 6.45) is 0. The topological polar surface area (TPSA) is 83.7 Å². The van der Waals surface area contributed by atoms with Gasteiger partial charge in [-0.25, -0.2) is 0 Å². The zero-order valence-corrected chi connectivity index (χ0v) is 9.34. The summed E-state index contributed by atoms with van der Waals surface area (Å²) in [7, 11) is 1.49. The van der Waals surface area contributed by atoms with Crippen molar-refractivity contribution < 1.29 is 14.4 Å². The van der Waals surface area contributed by atoms with Gasteiger partial charge in [-0.05, 0) is 6.92 Å². The maximum Gasteiger partial charge on any atom is 0.239 e. The van der Waals surface area contributed by atoms with Crippen LogP contribution in [-0.4, -0.2) is 53.7 Å². The number of nitrogens with zero attached hydrogens (tertiary/aromatic N) is 2. The van der Waals surface area contributed by atoms with Crippen molar-refractivity contribution >= 4 is 17.7 Å². The Balaban J connectivity index is 2.13. The zero-order valence-electron chi connectivity index (χ0n) is 9.34. The lowest BCUT2D eigenvalue weighted by atomic mass is 10.00. The first-order valence-electron chi connectivity index (χ1n) is 5.29. The number of carbonyl (C=O) groups is 3. The Bertz CT molecular complexity index is 342. The predicted octanol–water partition coefficient (Wildman–Crippen LogP) is -1.59. The second kappa shape index (κ2) is 3.55. The van der Waals surface area contributed by atoms with Gasteiger partial charge in [-0.2, -0.15) is 0 Å². The van der Waals surface area contributed by atoms with Crippen LogP contribution in [0.4, 0.5) is 0 Å². The summed E-state index contributed by atoms with van der Waals surface area (Å²) < 4.78 is 0. The maximum absolute atomic E-state index is 11.7. The lowest BCUT2D eigenvalue weighted by Crippen LogP contribution is -2.43. The molecule has 6 nitrogen and oxygen atoms in total. The first kappa shape index (κ1) is 11.1. The number of hydrogen-bond donors (Lipinski definition) is 1. The van der Waals surface area contributed by atoms with Crippen molar-refractivity contribution in [2.75, 3.05) is 20.1 Å². The Kier molecular flexibility index (Phi) is 2.46. The van der Waals surface area contributed by atoms with Crippen molar-refractivity contribution in [3.05, 3.63) is 0 Å². The molecule has 0 aliphatic carbocycles. The highest BCUT2D eigenvalue weighted by Crippen LogP contribution is 2.32. The molecule has 2 heterocycles. The lowest BCUT2D eigenvalue weighted by Gasteiger charge is -2.20. The molecule has 0 spiro atoms. The number of rotatable bonds is 1. The quantitative estimate of drug-likeness (QED) is 0.545. The van der Waals surface area contributed by atoms with E-state index in [1.807, 2.05) is 0 Å². The highest BCUT2D eigenvalue weighted by Gasteiger charge is 2.52. The average molecular weight is 225 g/mol. The minimum atomic E-state index is -0.582. The molecule has 0 radical (unpaired) electrons. The van der Waals surface area contributed by atoms with E-state index in [0.717, 1.165) is 4.90 Å². The molecule has 2 fully saturated rings. The van der Waals surface area contributed by atoms with Gasteiger partial charge in [0.05, 0.1) is 17.9 Å². The highest BCUT2D eigenvalue weighted by atomic mass is 16.2. The van der Waals surface area contributed by atoms with Gasteiger partial charge in [-0.1, -0.05) is 0 Å². The molecule has 2 saturated heterocycles. The van der Waals surface area contributed by atoms with Gasteiger partial charge in [0, 0.05) is 20.1 Å². The molecule has 0 aromatic carbocycles. The summed E-state index contributed by atoms with van der Waals surface area (Å²) >= 11 is 0. The minimum Gasteiger partial charge on any atom is -0.340 e. The summed E-state index contributed by atoms with van der Waals surface area (Å²) in [6.45, 7) is 2.24. The van der Waals surface area contributed by atoms with E-state index < -0.39 is 6.04 Å². The minimum absolute atomic E-state index is 0.185. The molecule has 16 heavy (non-hydrogen) atoms. The molecule has 0 bridgehead atoms. The van der Waals surface area contributed by atoms with Gasteiger partial charge in [0.2, 0.25) is 17.7 Å². The summed E-state index contributed by atoms with van der Waals surface area (Å²) in [5, 5.41) is 0. The maximum atomic E-state index is 11.7. The molecule has 2 rings (SSSR count). The molecule has 2 N–H and O–H groups in total. The SMILES string of the molecule is CC(N)C(=O)N1CC2C(=O)N(C)C(=O)C2C1. The molecule has 88 valence electrons. The smallest absolute Gasteiger partial charge is 0.239 e. The number of hydrogen-bond acceptors (Lipinski definition) is 4. The third-order valence-corrected chi connectivity index (χ3v) is 3.32. The highest BCUT2D eigenvalue weighted by molar-refractivity contribution is 6.06. The molecule has 0 aromatic rings. The van der Waals surface area contributed by atoms with Crippen molar-refractivity contribution in [1.29, 1.82) is 0 Å². The van der Waals surface area contributed by atoms with Gasteiger partial charge in [0.25, 0.3) is 0 Å². The molecule has 0 saturated carbocycles. The van der Waals surface area contributed by atoms with Crippen molar-refractivity contribution in [3.63, 3.8) is 0 Å². The molecule has 3 atom stereocenters. The summed E-state index contributed by atoms with van der Waals surface area (Å²) in [4.78, 5) is 37.7. The van der Waals surface area contributed by atoms with Gasteiger partial charge < -0.3 is 10.6 Å². The van der Waals surface area contributed by atoms with E-state index in [0.29, 0.717) is 13.1 Å². The molecule has 0 aromatic heterocycles. The van der Waals surface area contributed by atoms with Crippen LogP contribution in [0.25, 0.3) is 0 Å². The number of carbonyl (C=O) groups excluding carboxylic acids is 3. The Morgan fingerprint density at radius 3 is 2.12 bits per heavy atom. The van der Waals surface area contributed by atoms with E-state index in [4.69, 9.17) is 5.73 Å². The second-order valence-corrected chi connectivity index (χ2v) is 4.48. The van der Waals surface area contributed by atoms with Crippen LogP contribution in [0.5, 0.6) is 0 Å². The van der Waals surface area contributed by atoms with Crippen LogP contribution in [0.1, 0.15) is 6.92 Å². The van der Waals surface area contributed by atoms with E-state index in [-0.39, 0.29) is 29.6 Å². The van der Waals surface area contributed by atoms with E-state index in [2.05, 4.69) is 0 Å². The Labute approximate surface area is 93.4 Å². The standard InChI is InChI=1S/C10H15N3O3/c1-5(11)8(14)13-3-6-7(4-13)10(16)12(2)9(6)15/h5-7H,3-4,11H2,1-2H3. The van der Waals surface area contributed by atoms with Crippen LogP contribution in [0.3, 0.4) is 0 Å². The van der Waals surface area contributed by atoms with Gasteiger partial charge in [0.15, 0.2) is 0 Å². The van der Waals surface area contributed by atoms with Crippen molar-refractivity contribution in [3.8, 4) is 0 Å². The number of imide groups is 1. The fraction of sp³-hybridized carbons (Fsp3) is 0.700. The van der Waals surface area contributed by atoms with E-state index >= 15 is 0 Å². The van der Waals surface area contributed by atoms with E-state index in [1.165, 1.54) is 11.9 Å². The van der Waals surface area contributed by atoms with Crippen molar-refractivity contribution in [2.45, 2.75) is 13.0 Å². The van der Waals surface area contributed by atoms with Crippen LogP contribution >= 0.6 is 0 Å². The Morgan fingerprint density at radius 1 is 1.31 bits per heavy atom. The molecular formula is C10H15N3O3. The first-order valence-corrected chi connectivity index (χ1v) is 5.29. The fourth-order valence-corrected chi connectivity index (χ4v) is 2.38. The molecule has 6 heteroatoms. The lowest BCUT2D eigenvalue weighted by molar-refractivity contribution is -0.139. The third-order valence-electron chi connectivity index (χ3n) is 3.32. The van der Waals surface area contributed by atoms with Crippen LogP contribution in [0.2, 0.25) is 0 Å². The first-order chi connectivity index (χ1) is 7.43. The van der Waals surface area contributed by atoms with Gasteiger partial charge in [0.1, 0.15) is 0 Å². The molecule has 2 aliphatic rings. The van der Waals surface area contributed by atoms with Crippen LogP contribution in [-0.2, 0) is 14.4 Å². The third kappa shape index (κ3) is 1.41. The molecule has 3 amide bonds. The summed E-state index contributed by atoms with van der Waals surface area (Å²) in [6, 6.07) is -0.582. The Hall–Kier alpha value is -1.43. The monoisotopic (exact) mass is 225 g/mol. The summed E-state index contributed by atoms with van der Waals surface area (Å²) in [5.41, 5.74) is 5.49. The molecular weight excluding hydrogens is 210 g/mol. The number of nitrogens with two attached hydrogens (primary N) is 1. The van der Waals surface area contributed by atoms with Crippen LogP contribution in [0.15, 0.2) is 0 Å². The molecule has 3 unspecified atom stereocenters. The molecule has 2 aliphatic heterocycles. The zero-order chi connectivity index (χ0) is 12.0. The normalized spacial score (nSPS) is 30.9. The van der Waals surface area contributed by atoms with Gasteiger partial charge in [-0.15, -0.1) is 0 Å². The van der Waals surface area contributed by atoms with Crippen LogP contribution < -0.4 is 5.73 Å². The number of amides is 3. The van der Waals surface area contributed by atoms with Gasteiger partial charge >= 0.3 is 0 Å². The van der Waals surface area contributed by atoms with E-state index in [9.17, 15) is 14.4 Å². The predicted molar refractivity (Wildman–Crippen MR) is 55.0 cm³/mol. The number of fused-ring (bicyclic) bond motifs is 1. The largest absolute Gasteiger partial charge is 0.340 e. The number of likely N-dealkylation sites (tertiary alicyclic amines) is 2. The van der Waals surface area contributed by atoms with Crippen molar-refractivity contribution in [2.24, 2.45) is 17.6 Å². The van der Waals surface area contributed by atoms with Gasteiger partial charge in [-0.3, -0.25) is 19.3 Å². The van der Waals surface area contributed by atoms with E-state index in [1.54, 1.807) is 6.92 Å². The second-order valence-electron chi connectivity index (χ2n) is 4.48. The Morgan fingerprint density at radius 2 is 1.75 bits per heavy atom.